The Morgan fingerprint density at radius 2 is 1.47 bits per heavy atom. The number of aryl methyl sites for hydroxylation is 1. The van der Waals surface area contributed by atoms with Crippen molar-refractivity contribution in [3.63, 3.8) is 0 Å². The summed E-state index contributed by atoms with van der Waals surface area (Å²) in [6, 6.07) is 6.39. The zero-order chi connectivity index (χ0) is 14.1. The number of rotatable bonds is 9. The Labute approximate surface area is 124 Å². The van der Waals surface area contributed by atoms with E-state index in [1.54, 1.807) is 0 Å². The Morgan fingerprint density at radius 3 is 1.95 bits per heavy atom. The van der Waals surface area contributed by atoms with Crippen LogP contribution in [0.25, 0.3) is 0 Å². The molecule has 0 atom stereocenters. The second kappa shape index (κ2) is 9.25. The highest BCUT2D eigenvalue weighted by molar-refractivity contribution is 6.30. The maximum Gasteiger partial charge on any atom is 0.0429 e. The first-order valence-electron chi connectivity index (χ1n) is 7.69. The summed E-state index contributed by atoms with van der Waals surface area (Å²) in [5.41, 5.74) is 2.54. The quantitative estimate of drug-likeness (QED) is 0.514. The standard InChI is InChI=1S/C17H28ClN/c1-4-6-8-10-19(11-9-7-5-2)17-13-15(3)12-16(18)14-17/h12-14H,4-11H2,1-3H3. The molecule has 0 amide bonds. The molecule has 1 nitrogen and oxygen atoms in total. The number of nitrogens with zero attached hydrogens (tertiary/aromatic N) is 1. The van der Waals surface area contributed by atoms with Crippen molar-refractivity contribution in [2.75, 3.05) is 18.0 Å². The molecule has 1 rings (SSSR count). The average molecular weight is 282 g/mol. The van der Waals surface area contributed by atoms with E-state index < -0.39 is 0 Å². The minimum Gasteiger partial charge on any atom is -0.371 e. The Kier molecular flexibility index (Phi) is 7.97. The van der Waals surface area contributed by atoms with Crippen LogP contribution in [0.2, 0.25) is 5.02 Å². The minimum atomic E-state index is 0.853. The van der Waals surface area contributed by atoms with Gasteiger partial charge in [0.15, 0.2) is 0 Å². The van der Waals surface area contributed by atoms with Crippen molar-refractivity contribution in [2.45, 2.75) is 59.3 Å². The van der Waals surface area contributed by atoms with Crippen LogP contribution < -0.4 is 4.90 Å². The summed E-state index contributed by atoms with van der Waals surface area (Å²) in [6.45, 7) is 8.93. The number of halogens is 1. The molecule has 0 aliphatic carbocycles. The molecule has 0 saturated heterocycles. The summed E-state index contributed by atoms with van der Waals surface area (Å²) in [5, 5.41) is 0.853. The first-order valence-corrected chi connectivity index (χ1v) is 8.07. The van der Waals surface area contributed by atoms with E-state index in [2.05, 4.69) is 37.8 Å². The first kappa shape index (κ1) is 16.4. The maximum atomic E-state index is 6.19. The summed E-state index contributed by atoms with van der Waals surface area (Å²) in [4.78, 5) is 2.50. The van der Waals surface area contributed by atoms with Crippen LogP contribution in [0.4, 0.5) is 5.69 Å². The average Bonchev–Trinajstić information content (AvgIpc) is 2.36. The van der Waals surface area contributed by atoms with Crippen molar-refractivity contribution < 1.29 is 0 Å². The lowest BCUT2D eigenvalue weighted by atomic mass is 10.1. The molecule has 2 heteroatoms. The molecule has 0 heterocycles. The van der Waals surface area contributed by atoms with E-state index >= 15 is 0 Å². The Hall–Kier alpha value is -0.690. The molecule has 0 N–H and O–H groups in total. The molecule has 0 fully saturated rings. The van der Waals surface area contributed by atoms with Gasteiger partial charge in [0, 0.05) is 23.8 Å². The van der Waals surface area contributed by atoms with Gasteiger partial charge in [-0.1, -0.05) is 51.1 Å². The normalized spacial score (nSPS) is 10.7. The number of benzene rings is 1. The van der Waals surface area contributed by atoms with E-state index in [4.69, 9.17) is 11.6 Å². The van der Waals surface area contributed by atoms with Crippen LogP contribution in [0, 0.1) is 6.92 Å². The van der Waals surface area contributed by atoms with Gasteiger partial charge in [-0.2, -0.15) is 0 Å². The molecule has 19 heavy (non-hydrogen) atoms. The molecule has 0 radical (unpaired) electrons. The molecule has 0 aliphatic rings. The summed E-state index contributed by atoms with van der Waals surface area (Å²) in [7, 11) is 0. The van der Waals surface area contributed by atoms with E-state index in [1.807, 2.05) is 6.07 Å². The largest absolute Gasteiger partial charge is 0.371 e. The van der Waals surface area contributed by atoms with E-state index in [-0.39, 0.29) is 0 Å². The van der Waals surface area contributed by atoms with Gasteiger partial charge < -0.3 is 4.90 Å². The summed E-state index contributed by atoms with van der Waals surface area (Å²) >= 11 is 6.19. The van der Waals surface area contributed by atoms with Gasteiger partial charge in [0.25, 0.3) is 0 Å². The number of hydrogen-bond acceptors (Lipinski definition) is 1. The van der Waals surface area contributed by atoms with Gasteiger partial charge in [0.1, 0.15) is 0 Å². The second-order valence-corrected chi connectivity index (χ2v) is 5.82. The monoisotopic (exact) mass is 281 g/mol. The van der Waals surface area contributed by atoms with Crippen LogP contribution in [0.1, 0.15) is 57.9 Å². The van der Waals surface area contributed by atoms with Crippen molar-refractivity contribution in [1.29, 1.82) is 0 Å². The summed E-state index contributed by atoms with van der Waals surface area (Å²) in [5.74, 6) is 0. The summed E-state index contributed by atoms with van der Waals surface area (Å²) < 4.78 is 0. The van der Waals surface area contributed by atoms with Gasteiger partial charge in [-0.05, 0) is 43.5 Å². The molecule has 1 aromatic rings. The minimum absolute atomic E-state index is 0.853. The molecule has 0 bridgehead atoms. The van der Waals surface area contributed by atoms with Gasteiger partial charge in [-0.15, -0.1) is 0 Å². The predicted molar refractivity (Wildman–Crippen MR) is 87.5 cm³/mol. The van der Waals surface area contributed by atoms with Crippen LogP contribution >= 0.6 is 11.6 Å². The van der Waals surface area contributed by atoms with E-state index in [0.717, 1.165) is 18.1 Å². The number of hydrogen-bond donors (Lipinski definition) is 0. The molecule has 0 aliphatic heterocycles. The van der Waals surface area contributed by atoms with Gasteiger partial charge in [0.05, 0.1) is 0 Å². The molecular weight excluding hydrogens is 254 g/mol. The first-order chi connectivity index (χ1) is 9.17. The van der Waals surface area contributed by atoms with Crippen LogP contribution in [0.3, 0.4) is 0 Å². The van der Waals surface area contributed by atoms with Crippen molar-refractivity contribution in [3.8, 4) is 0 Å². The van der Waals surface area contributed by atoms with Gasteiger partial charge in [0.2, 0.25) is 0 Å². The molecular formula is C17H28ClN. The fourth-order valence-corrected chi connectivity index (χ4v) is 2.66. The Bertz CT molecular complexity index is 332. The Morgan fingerprint density at radius 1 is 0.895 bits per heavy atom. The lowest BCUT2D eigenvalue weighted by Crippen LogP contribution is -2.25. The number of anilines is 1. The van der Waals surface area contributed by atoms with Crippen molar-refractivity contribution in [1.82, 2.24) is 0 Å². The lowest BCUT2D eigenvalue weighted by Gasteiger charge is -2.25. The molecule has 108 valence electrons. The third-order valence-electron chi connectivity index (χ3n) is 3.46. The fourth-order valence-electron chi connectivity index (χ4n) is 2.37. The fraction of sp³-hybridized carbons (Fsp3) is 0.647. The van der Waals surface area contributed by atoms with Crippen LogP contribution in [0.15, 0.2) is 18.2 Å². The van der Waals surface area contributed by atoms with Crippen LogP contribution in [-0.2, 0) is 0 Å². The van der Waals surface area contributed by atoms with Crippen molar-refractivity contribution in [3.05, 3.63) is 28.8 Å². The molecule has 0 saturated carbocycles. The van der Waals surface area contributed by atoms with Gasteiger partial charge in [-0.25, -0.2) is 0 Å². The predicted octanol–water partition coefficient (Wildman–Crippen LogP) is 5.84. The maximum absolute atomic E-state index is 6.19. The molecule has 0 aromatic heterocycles. The SMILES string of the molecule is CCCCCN(CCCCC)c1cc(C)cc(Cl)c1. The van der Waals surface area contributed by atoms with Crippen molar-refractivity contribution >= 4 is 17.3 Å². The van der Waals surface area contributed by atoms with Crippen LogP contribution in [0.5, 0.6) is 0 Å². The van der Waals surface area contributed by atoms with Crippen molar-refractivity contribution in [2.24, 2.45) is 0 Å². The molecule has 0 unspecified atom stereocenters. The number of unbranched alkanes of at least 4 members (excludes halogenated alkanes) is 4. The molecule has 1 aromatic carbocycles. The van der Waals surface area contributed by atoms with E-state index in [9.17, 15) is 0 Å². The highest BCUT2D eigenvalue weighted by Gasteiger charge is 2.07. The second-order valence-electron chi connectivity index (χ2n) is 5.39. The molecule has 0 spiro atoms. The third kappa shape index (κ3) is 6.33. The summed E-state index contributed by atoms with van der Waals surface area (Å²) in [6.07, 6.45) is 7.71. The van der Waals surface area contributed by atoms with Gasteiger partial charge in [-0.3, -0.25) is 0 Å². The smallest absolute Gasteiger partial charge is 0.0429 e. The van der Waals surface area contributed by atoms with Gasteiger partial charge >= 0.3 is 0 Å². The topological polar surface area (TPSA) is 3.24 Å². The zero-order valence-corrected chi connectivity index (χ0v) is 13.5. The Balaban J connectivity index is 2.69. The zero-order valence-electron chi connectivity index (χ0n) is 12.7. The van der Waals surface area contributed by atoms with Crippen LogP contribution in [-0.4, -0.2) is 13.1 Å². The highest BCUT2D eigenvalue weighted by atomic mass is 35.5. The lowest BCUT2D eigenvalue weighted by molar-refractivity contribution is 0.636. The van der Waals surface area contributed by atoms with E-state index in [1.165, 1.54) is 49.8 Å². The highest BCUT2D eigenvalue weighted by Crippen LogP contribution is 2.23. The van der Waals surface area contributed by atoms with E-state index in [0.29, 0.717) is 0 Å². The third-order valence-corrected chi connectivity index (χ3v) is 3.67.